The van der Waals surface area contributed by atoms with Crippen molar-refractivity contribution >= 4 is 15.4 Å². The van der Waals surface area contributed by atoms with Gasteiger partial charge in [-0.25, -0.2) is 4.79 Å². The van der Waals surface area contributed by atoms with E-state index in [4.69, 9.17) is 10.5 Å². The Bertz CT molecular complexity index is 807. The van der Waals surface area contributed by atoms with Gasteiger partial charge in [-0.05, 0) is 91.4 Å². The maximum atomic E-state index is 12.1. The summed E-state index contributed by atoms with van der Waals surface area (Å²) in [5.74, 6) is 3.28. The molecule has 6 unspecified atom stereocenters. The highest BCUT2D eigenvalue weighted by Gasteiger charge is 2.54. The molecule has 4 rings (SSSR count). The Hall–Kier alpha value is -1.34. The van der Waals surface area contributed by atoms with Gasteiger partial charge >= 0.3 is 5.97 Å². The van der Waals surface area contributed by atoms with Crippen molar-refractivity contribution in [1.82, 2.24) is 0 Å². The highest BCUT2D eigenvalue weighted by atomic mass is 31.0. The molecule has 6 atom stereocenters. The van der Waals surface area contributed by atoms with E-state index in [1.165, 1.54) is 36.0 Å². The number of carbonyl (C=O) groups excluding carboxylic acids is 1. The first kappa shape index (κ1) is 18.7. The largest absolute Gasteiger partial charge is 0.480 e. The number of benzene rings is 1. The fourth-order valence-corrected chi connectivity index (χ4v) is 6.77. The van der Waals surface area contributed by atoms with Gasteiger partial charge in [0.05, 0.1) is 17.3 Å². The minimum Gasteiger partial charge on any atom is -0.480 e. The van der Waals surface area contributed by atoms with Gasteiger partial charge in [-0.3, -0.25) is 0 Å². The van der Waals surface area contributed by atoms with Crippen LogP contribution in [0.5, 0.6) is 5.75 Å². The van der Waals surface area contributed by atoms with E-state index in [1.54, 1.807) is 0 Å². The van der Waals surface area contributed by atoms with Crippen LogP contribution in [0.15, 0.2) is 29.8 Å². The molecule has 28 heavy (non-hydrogen) atoms. The van der Waals surface area contributed by atoms with Crippen LogP contribution in [0.1, 0.15) is 69.9 Å². The summed E-state index contributed by atoms with van der Waals surface area (Å²) in [7, 11) is -0.260. The van der Waals surface area contributed by atoms with Crippen molar-refractivity contribution < 1.29 is 14.1 Å². The van der Waals surface area contributed by atoms with Crippen LogP contribution in [0.4, 0.5) is 0 Å². The minimum atomic E-state index is -0.260. The number of allylic oxidation sites excluding steroid dienone is 1. The van der Waals surface area contributed by atoms with Crippen molar-refractivity contribution in [2.24, 2.45) is 23.2 Å². The molecule has 0 spiro atoms. The Morgan fingerprint density at radius 3 is 3.00 bits per heavy atom. The Kier molecular flexibility index (Phi) is 5.22. The van der Waals surface area contributed by atoms with Crippen molar-refractivity contribution in [3.05, 3.63) is 41.0 Å². The second-order valence-electron chi connectivity index (χ2n) is 9.04. The van der Waals surface area contributed by atoms with Crippen LogP contribution in [0.3, 0.4) is 0 Å². The summed E-state index contributed by atoms with van der Waals surface area (Å²) >= 11 is 0. The normalized spacial score (nSPS) is 36.0. The maximum absolute atomic E-state index is 12.1. The lowest BCUT2D eigenvalue weighted by atomic mass is 9.52. The second kappa shape index (κ2) is 7.82. The zero-order chi connectivity index (χ0) is 20.6. The number of fused-ring (bicyclic) bond motifs is 5. The third-order valence-electron chi connectivity index (χ3n) is 7.94. The average molecular weight is 403 g/mol. The Balaban J connectivity index is 1.66. The molecule has 4 heteroatoms. The van der Waals surface area contributed by atoms with Crippen molar-refractivity contribution in [1.29, 1.82) is 1.28 Å². The maximum Gasteiger partial charge on any atom is 0.330 e. The number of carbonyl (C=O) groups is 1. The standard InChI is InChI=1S/C24H33O3P/c1-4-15-12-16-13-18(27-28)7-8-19(16)20-10-11-24(3)17(14-22(25)26-5-2)6-9-21(24)23(15)20/h7-8,13-15,20-21,23H,4-6,9-12,28H2,1-3H3/b17-14+/i28T. The van der Waals surface area contributed by atoms with Gasteiger partial charge in [0.2, 0.25) is 0 Å². The van der Waals surface area contributed by atoms with E-state index in [2.05, 4.69) is 32.0 Å². The van der Waals surface area contributed by atoms with Gasteiger partial charge in [0, 0.05) is 6.08 Å². The molecule has 0 aromatic heterocycles. The van der Waals surface area contributed by atoms with Crippen LogP contribution in [0, 0.1) is 23.2 Å². The van der Waals surface area contributed by atoms with Crippen LogP contribution >= 0.6 is 9.41 Å². The number of hydrogen-bond acceptors (Lipinski definition) is 3. The summed E-state index contributed by atoms with van der Waals surface area (Å²) in [6, 6.07) is 6.50. The topological polar surface area (TPSA) is 35.5 Å². The van der Waals surface area contributed by atoms with Crippen LogP contribution in [0.2, 0.25) is 0 Å². The molecule has 152 valence electrons. The first-order valence-electron chi connectivity index (χ1n) is 11.4. The predicted octanol–water partition coefficient (Wildman–Crippen LogP) is 5.84. The quantitative estimate of drug-likeness (QED) is 0.353. The van der Waals surface area contributed by atoms with Crippen molar-refractivity contribution in [2.45, 2.75) is 65.2 Å². The lowest BCUT2D eigenvalue weighted by Gasteiger charge is -2.52. The summed E-state index contributed by atoms with van der Waals surface area (Å²) in [4.78, 5) is 12.1. The minimum absolute atomic E-state index is 0.133. The molecule has 0 N–H and O–H groups in total. The zero-order valence-electron chi connectivity index (χ0n) is 18.3. The first-order valence-corrected chi connectivity index (χ1v) is 11.3. The molecule has 0 aliphatic heterocycles. The van der Waals surface area contributed by atoms with Gasteiger partial charge < -0.3 is 9.26 Å². The van der Waals surface area contributed by atoms with Crippen molar-refractivity contribution in [2.75, 3.05) is 6.61 Å². The molecule has 3 nitrogen and oxygen atoms in total. The van der Waals surface area contributed by atoms with Gasteiger partial charge in [0.15, 0.2) is 0 Å². The molecule has 0 radical (unpaired) electrons. The molecule has 1 aromatic carbocycles. The molecule has 0 bridgehead atoms. The molecular formula is C24H33O3P. The van der Waals surface area contributed by atoms with E-state index in [-0.39, 0.29) is 20.8 Å². The van der Waals surface area contributed by atoms with E-state index in [0.29, 0.717) is 30.3 Å². The first-order chi connectivity index (χ1) is 14.0. The molecule has 3 aliphatic carbocycles. The van der Waals surface area contributed by atoms with E-state index in [1.807, 2.05) is 13.0 Å². The molecule has 1 aromatic rings. The highest BCUT2D eigenvalue weighted by Crippen LogP contribution is 2.64. The van der Waals surface area contributed by atoms with Crippen molar-refractivity contribution in [3.8, 4) is 5.75 Å². The van der Waals surface area contributed by atoms with Gasteiger partial charge in [-0.15, -0.1) is 0 Å². The summed E-state index contributed by atoms with van der Waals surface area (Å²) < 4.78 is 18.1. The Morgan fingerprint density at radius 2 is 2.25 bits per heavy atom. The van der Waals surface area contributed by atoms with Gasteiger partial charge in [0.25, 0.3) is 0 Å². The third kappa shape index (κ3) is 3.20. The number of ether oxygens (including phenoxy) is 1. The third-order valence-corrected chi connectivity index (χ3v) is 8.18. The molecule has 3 aliphatic rings. The molecule has 0 saturated heterocycles. The molecule has 2 fully saturated rings. The molecule has 0 heterocycles. The fourth-order valence-electron chi connectivity index (χ4n) is 6.65. The monoisotopic (exact) mass is 402 g/mol. The number of hydrogen-bond donors (Lipinski definition) is 0. The SMILES string of the molecule is [3H]POc1ccc2c(c1)CC(CC)C1C2CCC2(C)/C(=C/C(=O)OCC)CCC12. The van der Waals surface area contributed by atoms with Crippen LogP contribution < -0.4 is 4.52 Å². The molecular weight excluding hydrogens is 367 g/mol. The summed E-state index contributed by atoms with van der Waals surface area (Å²) in [6.45, 7) is 7.04. The lowest BCUT2D eigenvalue weighted by molar-refractivity contribution is -0.137. The van der Waals surface area contributed by atoms with Gasteiger partial charge in [-0.2, -0.15) is 0 Å². The van der Waals surface area contributed by atoms with Gasteiger partial charge in [-0.1, -0.05) is 31.9 Å². The van der Waals surface area contributed by atoms with E-state index < -0.39 is 0 Å². The van der Waals surface area contributed by atoms with Crippen LogP contribution in [0.25, 0.3) is 0 Å². The fraction of sp³-hybridized carbons (Fsp3) is 0.625. The van der Waals surface area contributed by atoms with Crippen molar-refractivity contribution in [3.63, 3.8) is 0 Å². The highest BCUT2D eigenvalue weighted by molar-refractivity contribution is 7.10. The Morgan fingerprint density at radius 1 is 1.39 bits per heavy atom. The molecule has 2 saturated carbocycles. The second-order valence-corrected chi connectivity index (χ2v) is 9.25. The van der Waals surface area contributed by atoms with E-state index >= 15 is 0 Å². The summed E-state index contributed by atoms with van der Waals surface area (Å²) in [6.07, 6.45) is 8.66. The predicted molar refractivity (Wildman–Crippen MR) is 115 cm³/mol. The van der Waals surface area contributed by atoms with Crippen LogP contribution in [-0.2, 0) is 16.0 Å². The smallest absolute Gasteiger partial charge is 0.330 e. The van der Waals surface area contributed by atoms with E-state index in [0.717, 1.165) is 25.0 Å². The van der Waals surface area contributed by atoms with E-state index in [9.17, 15) is 4.79 Å². The number of esters is 1. The van der Waals surface area contributed by atoms with Gasteiger partial charge in [0.1, 0.15) is 5.75 Å². The molecule has 0 amide bonds. The summed E-state index contributed by atoms with van der Waals surface area (Å²) in [5, 5.41) is 0. The summed E-state index contributed by atoms with van der Waals surface area (Å²) in [5.41, 5.74) is 4.39. The number of rotatable bonds is 5. The Labute approximate surface area is 172 Å². The zero-order valence-corrected chi connectivity index (χ0v) is 18.3. The van der Waals surface area contributed by atoms with Crippen LogP contribution in [-0.4, -0.2) is 13.9 Å². The lowest BCUT2D eigenvalue weighted by Crippen LogP contribution is -2.44. The average Bonchev–Trinajstić information content (AvgIpc) is 3.03.